The molecule has 0 heterocycles. The molecule has 5 nitrogen and oxygen atoms in total. The maximum absolute atomic E-state index is 12.1. The largest absolute Gasteiger partial charge is 0.481 e. The lowest BCUT2D eigenvalue weighted by Gasteiger charge is -2.24. The third kappa shape index (κ3) is 7.46. The molecule has 0 aliphatic rings. The van der Waals surface area contributed by atoms with Crippen LogP contribution in [0.5, 0.6) is 0 Å². The molecule has 0 aliphatic carbocycles. The summed E-state index contributed by atoms with van der Waals surface area (Å²) in [6, 6.07) is 9.00. The van der Waals surface area contributed by atoms with Crippen LogP contribution in [0.3, 0.4) is 0 Å². The van der Waals surface area contributed by atoms with Gasteiger partial charge in [-0.3, -0.25) is 9.59 Å². The van der Waals surface area contributed by atoms with Crippen LogP contribution in [0.2, 0.25) is 0 Å². The van der Waals surface area contributed by atoms with Gasteiger partial charge in [0.05, 0.1) is 0 Å². The molecule has 21 heavy (non-hydrogen) atoms. The monoisotopic (exact) mass is 293 g/mol. The number of benzene rings is 1. The molecular weight excluding hydrogens is 270 g/mol. The molecule has 5 heteroatoms. The fourth-order valence-electron chi connectivity index (χ4n) is 1.78. The van der Waals surface area contributed by atoms with Crippen LogP contribution in [-0.2, 0) is 20.9 Å². The van der Waals surface area contributed by atoms with Gasteiger partial charge in [0, 0.05) is 13.0 Å². The molecule has 1 atom stereocenters. The van der Waals surface area contributed by atoms with E-state index in [1.54, 1.807) is 20.8 Å². The Kier molecular flexibility index (Phi) is 6.37. The molecule has 0 aromatic heterocycles. The number of hydrogen-bond acceptors (Lipinski definition) is 4. The highest BCUT2D eigenvalue weighted by atomic mass is 16.6. The summed E-state index contributed by atoms with van der Waals surface area (Å²) in [5.41, 5.74) is 0.439. The van der Waals surface area contributed by atoms with E-state index >= 15 is 0 Å². The predicted molar refractivity (Wildman–Crippen MR) is 79.8 cm³/mol. The third-order valence-electron chi connectivity index (χ3n) is 2.73. The van der Waals surface area contributed by atoms with Crippen molar-refractivity contribution in [2.24, 2.45) is 0 Å². The van der Waals surface area contributed by atoms with E-state index in [-0.39, 0.29) is 12.8 Å². The van der Waals surface area contributed by atoms with Crippen molar-refractivity contribution in [3.63, 3.8) is 0 Å². The van der Waals surface area contributed by atoms with Gasteiger partial charge in [-0.1, -0.05) is 30.3 Å². The van der Waals surface area contributed by atoms with Crippen LogP contribution in [0.25, 0.3) is 0 Å². The Labute approximate surface area is 125 Å². The van der Waals surface area contributed by atoms with Crippen LogP contribution in [0.1, 0.15) is 39.2 Å². The minimum absolute atomic E-state index is 0.0777. The summed E-state index contributed by atoms with van der Waals surface area (Å²) in [5.74, 6) is -1.34. The Morgan fingerprint density at radius 1 is 1.24 bits per heavy atom. The molecule has 2 N–H and O–H groups in total. The third-order valence-corrected chi connectivity index (χ3v) is 2.73. The highest BCUT2D eigenvalue weighted by Crippen LogP contribution is 2.11. The SMILES string of the molecule is CC(C)(C)OC(=O)[C@H](CCC(=O)O)NCc1ccccc1. The van der Waals surface area contributed by atoms with E-state index in [0.29, 0.717) is 6.54 Å². The summed E-state index contributed by atoms with van der Waals surface area (Å²) in [4.78, 5) is 22.8. The second kappa shape index (κ2) is 7.78. The number of carbonyl (C=O) groups is 2. The van der Waals surface area contributed by atoms with Crippen LogP contribution in [-0.4, -0.2) is 28.7 Å². The highest BCUT2D eigenvalue weighted by Gasteiger charge is 2.25. The van der Waals surface area contributed by atoms with Gasteiger partial charge in [0.2, 0.25) is 0 Å². The zero-order chi connectivity index (χ0) is 15.9. The van der Waals surface area contributed by atoms with Crippen molar-refractivity contribution in [1.82, 2.24) is 5.32 Å². The second-order valence-electron chi connectivity index (χ2n) is 5.88. The molecule has 1 aromatic rings. The van der Waals surface area contributed by atoms with Crippen LogP contribution < -0.4 is 5.32 Å². The first-order chi connectivity index (χ1) is 9.78. The van der Waals surface area contributed by atoms with Crippen LogP contribution in [0.15, 0.2) is 30.3 Å². The van der Waals surface area contributed by atoms with Crippen LogP contribution in [0.4, 0.5) is 0 Å². The van der Waals surface area contributed by atoms with Gasteiger partial charge in [-0.2, -0.15) is 0 Å². The predicted octanol–water partition coefficient (Wildman–Crippen LogP) is 2.35. The van der Waals surface area contributed by atoms with Crippen molar-refractivity contribution in [3.8, 4) is 0 Å². The number of aliphatic carboxylic acids is 1. The number of rotatable bonds is 7. The van der Waals surface area contributed by atoms with Crippen molar-refractivity contribution < 1.29 is 19.4 Å². The van der Waals surface area contributed by atoms with Gasteiger partial charge in [-0.25, -0.2) is 0 Å². The lowest BCUT2D eigenvalue weighted by molar-refractivity contribution is -0.157. The van der Waals surface area contributed by atoms with Crippen LogP contribution in [0, 0.1) is 0 Å². The summed E-state index contributed by atoms with van der Waals surface area (Å²) in [7, 11) is 0. The molecule has 0 saturated heterocycles. The molecule has 0 unspecified atom stereocenters. The Morgan fingerprint density at radius 2 is 1.86 bits per heavy atom. The van der Waals surface area contributed by atoms with Crippen molar-refractivity contribution in [2.45, 2.75) is 51.8 Å². The quantitative estimate of drug-likeness (QED) is 0.755. The second-order valence-corrected chi connectivity index (χ2v) is 5.88. The van der Waals surface area contributed by atoms with Gasteiger partial charge in [-0.05, 0) is 32.8 Å². The lowest BCUT2D eigenvalue weighted by Crippen LogP contribution is -2.41. The Hall–Kier alpha value is -1.88. The summed E-state index contributed by atoms with van der Waals surface area (Å²) in [6.45, 7) is 5.85. The fraction of sp³-hybridized carbons (Fsp3) is 0.500. The Balaban J connectivity index is 2.63. The number of carboxylic acids is 1. The molecule has 0 bridgehead atoms. The zero-order valence-electron chi connectivity index (χ0n) is 12.8. The average molecular weight is 293 g/mol. The van der Waals surface area contributed by atoms with E-state index in [0.717, 1.165) is 5.56 Å². The number of carboxylic acid groups (broad SMARTS) is 1. The number of ether oxygens (including phenoxy) is 1. The molecule has 0 fully saturated rings. The van der Waals surface area contributed by atoms with Gasteiger partial charge >= 0.3 is 11.9 Å². The number of esters is 1. The molecule has 0 amide bonds. The summed E-state index contributed by atoms with van der Waals surface area (Å²) in [5, 5.41) is 11.9. The summed E-state index contributed by atoms with van der Waals surface area (Å²) >= 11 is 0. The van der Waals surface area contributed by atoms with Gasteiger partial charge in [0.15, 0.2) is 0 Å². The number of nitrogens with one attached hydrogen (secondary N) is 1. The first kappa shape index (κ1) is 17.2. The van der Waals surface area contributed by atoms with Gasteiger partial charge in [-0.15, -0.1) is 0 Å². The summed E-state index contributed by atoms with van der Waals surface area (Å²) in [6.07, 6.45) is 0.128. The molecule has 1 aromatic carbocycles. The van der Waals surface area contributed by atoms with E-state index in [2.05, 4.69) is 5.32 Å². The molecule has 0 spiro atoms. The first-order valence-electron chi connectivity index (χ1n) is 7.00. The van der Waals surface area contributed by atoms with E-state index in [1.807, 2.05) is 30.3 Å². The zero-order valence-corrected chi connectivity index (χ0v) is 12.8. The van der Waals surface area contributed by atoms with Crippen molar-refractivity contribution >= 4 is 11.9 Å². The van der Waals surface area contributed by atoms with Gasteiger partial charge in [0.1, 0.15) is 11.6 Å². The van der Waals surface area contributed by atoms with Crippen molar-refractivity contribution in [2.75, 3.05) is 0 Å². The van der Waals surface area contributed by atoms with Crippen molar-refractivity contribution in [1.29, 1.82) is 0 Å². The van der Waals surface area contributed by atoms with Crippen molar-refractivity contribution in [3.05, 3.63) is 35.9 Å². The molecule has 0 saturated carbocycles. The van der Waals surface area contributed by atoms with E-state index in [4.69, 9.17) is 9.84 Å². The lowest BCUT2D eigenvalue weighted by atomic mass is 10.1. The first-order valence-corrected chi connectivity index (χ1v) is 7.00. The van der Waals surface area contributed by atoms with Gasteiger partial charge < -0.3 is 15.2 Å². The molecule has 0 aliphatic heterocycles. The minimum atomic E-state index is -0.926. The average Bonchev–Trinajstić information content (AvgIpc) is 2.37. The molecule has 116 valence electrons. The normalized spacial score (nSPS) is 12.7. The highest BCUT2D eigenvalue weighted by molar-refractivity contribution is 5.77. The topological polar surface area (TPSA) is 75.6 Å². The minimum Gasteiger partial charge on any atom is -0.481 e. The Bertz CT molecular complexity index is 465. The van der Waals surface area contributed by atoms with E-state index in [9.17, 15) is 9.59 Å². The van der Waals surface area contributed by atoms with E-state index < -0.39 is 23.6 Å². The molecular formula is C16H23NO4. The summed E-state index contributed by atoms with van der Waals surface area (Å²) < 4.78 is 5.33. The van der Waals surface area contributed by atoms with Gasteiger partial charge in [0.25, 0.3) is 0 Å². The smallest absolute Gasteiger partial charge is 0.323 e. The molecule has 0 radical (unpaired) electrons. The number of carbonyl (C=O) groups excluding carboxylic acids is 1. The van der Waals surface area contributed by atoms with Crippen LogP contribution >= 0.6 is 0 Å². The van der Waals surface area contributed by atoms with E-state index in [1.165, 1.54) is 0 Å². The standard InChI is InChI=1S/C16H23NO4/c1-16(2,3)21-15(20)13(9-10-14(18)19)17-11-12-7-5-4-6-8-12/h4-8,13,17H,9-11H2,1-3H3,(H,18,19)/t13-/m0/s1. The Morgan fingerprint density at radius 3 is 2.38 bits per heavy atom. The fourth-order valence-corrected chi connectivity index (χ4v) is 1.78. The maximum atomic E-state index is 12.1. The maximum Gasteiger partial charge on any atom is 0.323 e. The molecule has 1 rings (SSSR count). The number of hydrogen-bond donors (Lipinski definition) is 2.